The fourth-order valence-electron chi connectivity index (χ4n) is 6.93. The third-order valence-corrected chi connectivity index (χ3v) is 10.9. The Morgan fingerprint density at radius 2 is 0.619 bits per heavy atom. The van der Waals surface area contributed by atoms with Gasteiger partial charge in [0.2, 0.25) is 0 Å². The Morgan fingerprint density at radius 3 is 1.03 bits per heavy atom. The number of unbranched alkanes of at least 4 members (excludes halogenated alkanes) is 21. The van der Waals surface area contributed by atoms with Gasteiger partial charge in [-0.05, 0) is 116 Å². The lowest BCUT2D eigenvalue weighted by molar-refractivity contribution is -0.167. The summed E-state index contributed by atoms with van der Waals surface area (Å²) in [7, 11) is 0. The maximum absolute atomic E-state index is 12.8. The molecule has 1 unspecified atom stereocenters. The molecule has 0 heterocycles. The van der Waals surface area contributed by atoms with Crippen molar-refractivity contribution in [3.63, 3.8) is 0 Å². The van der Waals surface area contributed by atoms with Crippen molar-refractivity contribution in [2.24, 2.45) is 0 Å². The van der Waals surface area contributed by atoms with E-state index >= 15 is 0 Å². The molecule has 63 heavy (non-hydrogen) atoms. The smallest absolute Gasteiger partial charge is 0.306 e. The molecular formula is C57H96O6. The molecule has 0 fully saturated rings. The normalized spacial score (nSPS) is 12.7. The number of esters is 3. The van der Waals surface area contributed by atoms with Crippen LogP contribution in [0.4, 0.5) is 0 Å². The summed E-state index contributed by atoms with van der Waals surface area (Å²) in [5, 5.41) is 0. The van der Waals surface area contributed by atoms with E-state index in [-0.39, 0.29) is 31.1 Å². The van der Waals surface area contributed by atoms with Gasteiger partial charge in [-0.3, -0.25) is 14.4 Å². The lowest BCUT2D eigenvalue weighted by Crippen LogP contribution is -2.30. The first kappa shape index (κ1) is 59.6. The van der Waals surface area contributed by atoms with Crippen LogP contribution in [0, 0.1) is 0 Å². The van der Waals surface area contributed by atoms with Crippen LogP contribution < -0.4 is 0 Å². The highest BCUT2D eigenvalue weighted by Gasteiger charge is 2.19. The molecule has 0 aliphatic rings. The van der Waals surface area contributed by atoms with Gasteiger partial charge in [-0.25, -0.2) is 0 Å². The lowest BCUT2D eigenvalue weighted by atomic mass is 10.1. The van der Waals surface area contributed by atoms with Gasteiger partial charge >= 0.3 is 17.9 Å². The van der Waals surface area contributed by atoms with E-state index in [1.54, 1.807) is 0 Å². The van der Waals surface area contributed by atoms with Crippen molar-refractivity contribution in [3.8, 4) is 0 Å². The van der Waals surface area contributed by atoms with Gasteiger partial charge in [-0.15, -0.1) is 0 Å². The van der Waals surface area contributed by atoms with Crippen LogP contribution in [0.1, 0.15) is 239 Å². The highest BCUT2D eigenvalue weighted by atomic mass is 16.6. The van der Waals surface area contributed by atoms with E-state index in [0.717, 1.165) is 122 Å². The largest absolute Gasteiger partial charge is 0.462 e. The van der Waals surface area contributed by atoms with Gasteiger partial charge in [0.1, 0.15) is 13.2 Å². The van der Waals surface area contributed by atoms with E-state index in [0.29, 0.717) is 19.3 Å². The van der Waals surface area contributed by atoms with Gasteiger partial charge in [-0.2, -0.15) is 0 Å². The van der Waals surface area contributed by atoms with E-state index in [9.17, 15) is 14.4 Å². The molecule has 0 N–H and O–H groups in total. The number of allylic oxidation sites excluding steroid dienone is 14. The fourth-order valence-corrected chi connectivity index (χ4v) is 6.93. The minimum Gasteiger partial charge on any atom is -0.462 e. The Bertz CT molecular complexity index is 1240. The van der Waals surface area contributed by atoms with Gasteiger partial charge in [0.15, 0.2) is 6.10 Å². The van der Waals surface area contributed by atoms with Crippen molar-refractivity contribution < 1.29 is 28.6 Å². The minimum absolute atomic E-state index is 0.0980. The Labute approximate surface area is 388 Å². The number of ether oxygens (including phenoxy) is 3. The molecule has 1 atom stereocenters. The van der Waals surface area contributed by atoms with E-state index in [1.807, 2.05) is 0 Å². The van der Waals surface area contributed by atoms with Crippen LogP contribution in [-0.4, -0.2) is 37.2 Å². The molecule has 0 aromatic rings. The first-order valence-corrected chi connectivity index (χ1v) is 26.1. The number of carbonyl (C=O) groups excluding carboxylic acids is 3. The summed E-state index contributed by atoms with van der Waals surface area (Å²) in [4.78, 5) is 38.0. The predicted octanol–water partition coefficient (Wildman–Crippen LogP) is 17.2. The summed E-state index contributed by atoms with van der Waals surface area (Å²) in [5.41, 5.74) is 0. The second kappa shape index (κ2) is 51.2. The molecular weight excluding hydrogens is 781 g/mol. The van der Waals surface area contributed by atoms with Crippen molar-refractivity contribution >= 4 is 17.9 Å². The first-order chi connectivity index (χ1) is 31.0. The molecule has 0 aromatic carbocycles. The number of hydrogen-bond acceptors (Lipinski definition) is 6. The second-order valence-electron chi connectivity index (χ2n) is 17.0. The summed E-state index contributed by atoms with van der Waals surface area (Å²) in [6.07, 6.45) is 65.6. The van der Waals surface area contributed by atoms with Gasteiger partial charge in [0.25, 0.3) is 0 Å². The molecule has 0 aromatic heterocycles. The minimum atomic E-state index is -0.801. The quantitative estimate of drug-likeness (QED) is 0.0262. The summed E-state index contributed by atoms with van der Waals surface area (Å²) in [6, 6.07) is 0. The van der Waals surface area contributed by atoms with Crippen molar-refractivity contribution in [1.82, 2.24) is 0 Å². The molecule has 0 bridgehead atoms. The van der Waals surface area contributed by atoms with Gasteiger partial charge < -0.3 is 14.2 Å². The number of hydrogen-bond donors (Lipinski definition) is 0. The maximum atomic E-state index is 12.8. The van der Waals surface area contributed by atoms with Crippen LogP contribution >= 0.6 is 0 Å². The summed E-state index contributed by atoms with van der Waals surface area (Å²) in [6.45, 7) is 6.44. The van der Waals surface area contributed by atoms with Crippen molar-refractivity contribution in [2.45, 2.75) is 245 Å². The zero-order chi connectivity index (χ0) is 45.8. The topological polar surface area (TPSA) is 78.9 Å². The molecule has 0 aliphatic carbocycles. The Kier molecular flexibility index (Phi) is 48.5. The molecule has 0 saturated carbocycles. The average molecular weight is 877 g/mol. The Hall–Kier alpha value is -3.41. The van der Waals surface area contributed by atoms with Gasteiger partial charge in [0.05, 0.1) is 0 Å². The molecule has 0 aliphatic heterocycles. The van der Waals surface area contributed by atoms with Crippen molar-refractivity contribution in [1.29, 1.82) is 0 Å². The molecule has 0 radical (unpaired) electrons. The molecule has 6 heteroatoms. The summed E-state index contributed by atoms with van der Waals surface area (Å²) in [5.74, 6) is -0.957. The molecule has 6 nitrogen and oxygen atoms in total. The third-order valence-electron chi connectivity index (χ3n) is 10.9. The van der Waals surface area contributed by atoms with E-state index in [1.165, 1.54) is 77.0 Å². The fraction of sp³-hybridized carbons (Fsp3) is 0.702. The molecule has 0 rings (SSSR count). The Morgan fingerprint density at radius 1 is 0.333 bits per heavy atom. The number of rotatable bonds is 46. The van der Waals surface area contributed by atoms with E-state index in [4.69, 9.17) is 14.2 Å². The van der Waals surface area contributed by atoms with Crippen molar-refractivity contribution in [2.75, 3.05) is 13.2 Å². The average Bonchev–Trinajstić information content (AvgIpc) is 3.28. The molecule has 0 spiro atoms. The first-order valence-electron chi connectivity index (χ1n) is 26.1. The van der Waals surface area contributed by atoms with E-state index in [2.05, 4.69) is 106 Å². The zero-order valence-corrected chi connectivity index (χ0v) is 41.1. The monoisotopic (exact) mass is 877 g/mol. The Balaban J connectivity index is 4.46. The molecule has 0 saturated heterocycles. The van der Waals surface area contributed by atoms with Gasteiger partial charge in [0, 0.05) is 19.3 Å². The van der Waals surface area contributed by atoms with Gasteiger partial charge in [-0.1, -0.05) is 189 Å². The van der Waals surface area contributed by atoms with Crippen LogP contribution in [0.15, 0.2) is 85.1 Å². The number of carbonyl (C=O) groups is 3. The van der Waals surface area contributed by atoms with Crippen LogP contribution in [0.3, 0.4) is 0 Å². The SMILES string of the molecule is CC/C=C\C/C=C\C/C=C\C/C=C\C/C=C\CCCCCC(=O)OCC(COC(=O)CCCCCCC/C=C\CCCCC)OC(=O)CCCCC/C=C\CCCCCCCCC. The van der Waals surface area contributed by atoms with E-state index < -0.39 is 6.10 Å². The van der Waals surface area contributed by atoms with Crippen LogP contribution in [0.25, 0.3) is 0 Å². The maximum Gasteiger partial charge on any atom is 0.306 e. The summed E-state index contributed by atoms with van der Waals surface area (Å²) >= 11 is 0. The summed E-state index contributed by atoms with van der Waals surface area (Å²) < 4.78 is 16.7. The predicted molar refractivity (Wildman–Crippen MR) is 270 cm³/mol. The standard InChI is InChI=1S/C57H96O6/c1-4-7-10-13-16-19-22-25-27-28-29-30-31-33-35-38-41-44-47-50-56(59)62-53-54(52-61-55(58)49-46-43-40-37-34-24-21-18-15-12-9-6-3)63-57(60)51-48-45-42-39-36-32-26-23-20-17-14-11-8-5-2/h7,10,16,18-19,21,25,27,29-30,32-33,35-36,54H,4-6,8-9,11-15,17,20,22-24,26,28,31,34,37-53H2,1-3H3/b10-7-,19-16-,21-18-,27-25-,30-29-,35-33-,36-32-. The zero-order valence-electron chi connectivity index (χ0n) is 41.1. The lowest BCUT2D eigenvalue weighted by Gasteiger charge is -2.18. The van der Waals surface area contributed by atoms with Crippen LogP contribution in [0.2, 0.25) is 0 Å². The highest BCUT2D eigenvalue weighted by Crippen LogP contribution is 2.13. The van der Waals surface area contributed by atoms with Crippen LogP contribution in [0.5, 0.6) is 0 Å². The molecule has 360 valence electrons. The molecule has 0 amide bonds. The van der Waals surface area contributed by atoms with Crippen LogP contribution in [-0.2, 0) is 28.6 Å². The third kappa shape index (κ3) is 49.5. The highest BCUT2D eigenvalue weighted by molar-refractivity contribution is 5.71. The second-order valence-corrected chi connectivity index (χ2v) is 17.0. The van der Waals surface area contributed by atoms with Crippen molar-refractivity contribution in [3.05, 3.63) is 85.1 Å².